The van der Waals surface area contributed by atoms with Crippen molar-refractivity contribution in [2.24, 2.45) is 0 Å². The highest BCUT2D eigenvalue weighted by Gasteiger charge is 2.30. The summed E-state index contributed by atoms with van der Waals surface area (Å²) in [6.07, 6.45) is 1.33. The number of rotatable bonds is 5. The van der Waals surface area contributed by atoms with Gasteiger partial charge in [0.1, 0.15) is 0 Å². The van der Waals surface area contributed by atoms with Gasteiger partial charge in [-0.2, -0.15) is 0 Å². The molecule has 8 nitrogen and oxygen atoms in total. The Hall–Kier alpha value is -3.26. The van der Waals surface area contributed by atoms with Gasteiger partial charge in [0.05, 0.1) is 45.3 Å². The van der Waals surface area contributed by atoms with Crippen LogP contribution < -0.4 is 29.9 Å². The zero-order chi connectivity index (χ0) is 25.3. The molecule has 188 valence electrons. The van der Waals surface area contributed by atoms with Crippen molar-refractivity contribution in [2.75, 3.05) is 39.3 Å². The molecular weight excluding hydrogens is 448 g/mol. The number of hydrogen-bond acceptors (Lipinski definition) is 7. The van der Waals surface area contributed by atoms with Gasteiger partial charge in [-0.3, -0.25) is 9.59 Å². The van der Waals surface area contributed by atoms with Gasteiger partial charge in [0.15, 0.2) is 11.5 Å². The molecule has 8 heteroatoms. The summed E-state index contributed by atoms with van der Waals surface area (Å²) in [5.41, 5.74) is 3.95. The van der Waals surface area contributed by atoms with Gasteiger partial charge in [-0.15, -0.1) is 0 Å². The van der Waals surface area contributed by atoms with Gasteiger partial charge < -0.3 is 29.2 Å². The standard InChI is InChI=1S/C27H34N2O6/c1-15-13-29(14-16(2)35-15)22-10-8-19-20(12-23(22)31)21(28-17(3)30)9-7-18-11-24(32-4)26(33-5)27(34-6)25(18)19/h8,10-12,15-16,21H,7,9,13-14H2,1-6H3,(H,28,30)/t15-,16+,21-/m0/s1. The fraction of sp³-hybridized carbons (Fsp3) is 0.481. The van der Waals surface area contributed by atoms with Crippen LogP contribution in [0.1, 0.15) is 44.4 Å². The molecule has 1 heterocycles. The van der Waals surface area contributed by atoms with E-state index in [2.05, 4.69) is 10.2 Å². The molecule has 4 rings (SSSR count). The number of carbonyl (C=O) groups is 1. The van der Waals surface area contributed by atoms with Crippen LogP contribution in [0, 0.1) is 0 Å². The minimum Gasteiger partial charge on any atom is -0.493 e. The second-order valence-electron chi connectivity index (χ2n) is 9.23. The normalized spacial score (nSPS) is 21.3. The zero-order valence-corrected chi connectivity index (χ0v) is 21.3. The number of anilines is 1. The molecule has 1 aliphatic heterocycles. The number of nitrogens with one attached hydrogen (secondary N) is 1. The Labute approximate surface area is 206 Å². The summed E-state index contributed by atoms with van der Waals surface area (Å²) in [6.45, 7) is 6.79. The molecule has 1 N–H and O–H groups in total. The van der Waals surface area contributed by atoms with E-state index < -0.39 is 0 Å². The van der Waals surface area contributed by atoms with Crippen LogP contribution in [0.3, 0.4) is 0 Å². The number of nitrogens with zero attached hydrogens (tertiary/aromatic N) is 1. The number of carbonyl (C=O) groups excluding carboxylic acids is 1. The number of fused-ring (bicyclic) bond motifs is 3. The zero-order valence-electron chi connectivity index (χ0n) is 21.3. The predicted molar refractivity (Wildman–Crippen MR) is 135 cm³/mol. The van der Waals surface area contributed by atoms with Crippen molar-refractivity contribution in [3.05, 3.63) is 45.6 Å². The number of morpholine rings is 1. The van der Waals surface area contributed by atoms with E-state index in [0.29, 0.717) is 48.9 Å². The Kier molecular flexibility index (Phi) is 7.21. The lowest BCUT2D eigenvalue weighted by molar-refractivity contribution is -0.119. The molecular formula is C27H34N2O6. The van der Waals surface area contributed by atoms with E-state index in [-0.39, 0.29) is 29.6 Å². The second kappa shape index (κ2) is 10.2. The van der Waals surface area contributed by atoms with Crippen LogP contribution in [0.25, 0.3) is 11.1 Å². The Morgan fingerprint density at radius 2 is 1.71 bits per heavy atom. The largest absolute Gasteiger partial charge is 0.493 e. The lowest BCUT2D eigenvalue weighted by Gasteiger charge is -2.36. The second-order valence-corrected chi connectivity index (χ2v) is 9.23. The van der Waals surface area contributed by atoms with Crippen molar-refractivity contribution in [3.8, 4) is 28.4 Å². The smallest absolute Gasteiger partial charge is 0.217 e. The summed E-state index contributed by atoms with van der Waals surface area (Å²) in [4.78, 5) is 27.8. The molecule has 0 bridgehead atoms. The van der Waals surface area contributed by atoms with E-state index in [9.17, 15) is 9.59 Å². The summed E-state index contributed by atoms with van der Waals surface area (Å²) in [5.74, 6) is 1.46. The maximum absolute atomic E-state index is 13.6. The number of ether oxygens (including phenoxy) is 4. The van der Waals surface area contributed by atoms with Gasteiger partial charge in [-0.1, -0.05) is 6.07 Å². The van der Waals surface area contributed by atoms with Crippen LogP contribution in [0.15, 0.2) is 29.1 Å². The van der Waals surface area contributed by atoms with Crippen molar-refractivity contribution in [1.29, 1.82) is 0 Å². The van der Waals surface area contributed by atoms with Gasteiger partial charge in [0.25, 0.3) is 0 Å². The number of benzene rings is 1. The molecule has 1 aliphatic carbocycles. The molecule has 1 fully saturated rings. The fourth-order valence-electron chi connectivity index (χ4n) is 5.34. The molecule has 0 unspecified atom stereocenters. The summed E-state index contributed by atoms with van der Waals surface area (Å²) in [5, 5.41) is 3.05. The summed E-state index contributed by atoms with van der Waals surface area (Å²) < 4.78 is 22.9. The SMILES string of the molecule is COc1cc2c(c(OC)c1OC)-c1ccc(N3C[C@@H](C)O[C@@H](C)C3)c(=O)cc1[C@@H](NC(C)=O)CC2. The molecule has 0 aromatic heterocycles. The van der Waals surface area contributed by atoms with Gasteiger partial charge >= 0.3 is 0 Å². The van der Waals surface area contributed by atoms with Crippen molar-refractivity contribution in [3.63, 3.8) is 0 Å². The third-order valence-corrected chi connectivity index (χ3v) is 6.65. The van der Waals surface area contributed by atoms with Crippen molar-refractivity contribution < 1.29 is 23.7 Å². The molecule has 2 aliphatic rings. The first-order valence-electron chi connectivity index (χ1n) is 11.9. The van der Waals surface area contributed by atoms with Crippen molar-refractivity contribution in [1.82, 2.24) is 5.32 Å². The number of amides is 1. The molecule has 1 saturated heterocycles. The maximum Gasteiger partial charge on any atom is 0.217 e. The topological polar surface area (TPSA) is 86.3 Å². The highest BCUT2D eigenvalue weighted by atomic mass is 16.5. The predicted octanol–water partition coefficient (Wildman–Crippen LogP) is 3.48. The number of aryl methyl sites for hydroxylation is 1. The van der Waals surface area contributed by atoms with E-state index >= 15 is 0 Å². The molecule has 0 saturated carbocycles. The monoisotopic (exact) mass is 482 g/mol. The molecule has 0 radical (unpaired) electrons. The van der Waals surface area contributed by atoms with E-state index in [4.69, 9.17) is 18.9 Å². The minimum absolute atomic E-state index is 0.0196. The molecule has 3 atom stereocenters. The Morgan fingerprint density at radius 1 is 1.03 bits per heavy atom. The minimum atomic E-state index is -0.327. The molecule has 35 heavy (non-hydrogen) atoms. The fourth-order valence-corrected chi connectivity index (χ4v) is 5.34. The first-order chi connectivity index (χ1) is 16.8. The van der Waals surface area contributed by atoms with Crippen molar-refractivity contribution in [2.45, 2.75) is 51.9 Å². The average Bonchev–Trinajstić information content (AvgIpc) is 3.05. The molecule has 2 aromatic carbocycles. The summed E-state index contributed by atoms with van der Waals surface area (Å²) in [6, 6.07) is 7.13. The van der Waals surface area contributed by atoms with Gasteiger partial charge in [-0.05, 0) is 61.6 Å². The quantitative estimate of drug-likeness (QED) is 0.698. The van der Waals surface area contributed by atoms with E-state index in [1.807, 2.05) is 32.0 Å². The van der Waals surface area contributed by atoms with Gasteiger partial charge in [0.2, 0.25) is 17.1 Å². The van der Waals surface area contributed by atoms with E-state index in [1.165, 1.54) is 6.92 Å². The first-order valence-corrected chi connectivity index (χ1v) is 11.9. The first kappa shape index (κ1) is 24.9. The van der Waals surface area contributed by atoms with Crippen LogP contribution in [-0.2, 0) is 16.0 Å². The van der Waals surface area contributed by atoms with E-state index in [0.717, 1.165) is 22.3 Å². The number of methoxy groups -OCH3 is 3. The lowest BCUT2D eigenvalue weighted by atomic mass is 9.95. The number of hydrogen-bond donors (Lipinski definition) is 1. The lowest BCUT2D eigenvalue weighted by Crippen LogP contribution is -2.46. The van der Waals surface area contributed by atoms with Crippen LogP contribution >= 0.6 is 0 Å². The van der Waals surface area contributed by atoms with Crippen LogP contribution in [0.4, 0.5) is 5.69 Å². The Balaban J connectivity index is 1.99. The van der Waals surface area contributed by atoms with Crippen molar-refractivity contribution >= 4 is 11.6 Å². The van der Waals surface area contributed by atoms with Gasteiger partial charge in [-0.25, -0.2) is 0 Å². The summed E-state index contributed by atoms with van der Waals surface area (Å²) >= 11 is 0. The average molecular weight is 483 g/mol. The molecule has 1 amide bonds. The molecule has 0 spiro atoms. The maximum atomic E-state index is 13.6. The van der Waals surface area contributed by atoms with E-state index in [1.54, 1.807) is 27.4 Å². The third kappa shape index (κ3) is 4.80. The third-order valence-electron chi connectivity index (χ3n) is 6.65. The summed E-state index contributed by atoms with van der Waals surface area (Å²) in [7, 11) is 4.76. The van der Waals surface area contributed by atoms with Crippen LogP contribution in [0.5, 0.6) is 17.2 Å². The highest BCUT2D eigenvalue weighted by molar-refractivity contribution is 5.83. The van der Waals surface area contributed by atoms with Crippen LogP contribution in [0.2, 0.25) is 0 Å². The molecule has 2 aromatic rings. The Morgan fingerprint density at radius 3 is 2.31 bits per heavy atom. The van der Waals surface area contributed by atoms with Crippen LogP contribution in [-0.4, -0.2) is 52.5 Å². The highest BCUT2D eigenvalue weighted by Crippen LogP contribution is 2.50. The van der Waals surface area contributed by atoms with Gasteiger partial charge in [0, 0.05) is 25.6 Å². The Bertz CT molecular complexity index is 1170.